The Kier molecular flexibility index (Phi) is 5.76. The van der Waals surface area contributed by atoms with Crippen molar-refractivity contribution >= 4 is 44.3 Å². The van der Waals surface area contributed by atoms with Crippen molar-refractivity contribution in [3.8, 4) is 0 Å². The van der Waals surface area contributed by atoms with Crippen LogP contribution in [-0.2, 0) is 0 Å². The van der Waals surface area contributed by atoms with Crippen molar-refractivity contribution in [2.45, 2.75) is 6.92 Å². The molecule has 0 saturated carbocycles. The first-order valence-corrected chi connectivity index (χ1v) is 9.06. The molecule has 27 heavy (non-hydrogen) atoms. The topological polar surface area (TPSA) is 64.2 Å². The van der Waals surface area contributed by atoms with Gasteiger partial charge in [-0.3, -0.25) is 4.99 Å². The molecule has 136 valence electrons. The maximum Gasteiger partial charge on any atom is 0.132 e. The molecule has 0 amide bonds. The number of nitrogens with zero attached hydrogens (tertiary/aromatic N) is 3. The molecule has 0 saturated heterocycles. The average Bonchev–Trinajstić information content (AvgIpc) is 2.68. The lowest BCUT2D eigenvalue weighted by atomic mass is 9.99. The first kappa shape index (κ1) is 18.9. The van der Waals surface area contributed by atoms with E-state index in [2.05, 4.69) is 30.9 Å². The van der Waals surface area contributed by atoms with E-state index in [1.165, 1.54) is 12.1 Å². The predicted molar refractivity (Wildman–Crippen MR) is 113 cm³/mol. The summed E-state index contributed by atoms with van der Waals surface area (Å²) in [5.41, 5.74) is 10.4. The number of aromatic nitrogens is 2. The first-order chi connectivity index (χ1) is 13.0. The molecule has 3 aromatic rings. The minimum atomic E-state index is -0.272. The SMILES string of the molecule is CN=C(N)/C(Br)=C\C(=C\c1ccc(F)cc1)c1ccc2ncnc(C)c2c1. The Morgan fingerprint density at radius 3 is 2.59 bits per heavy atom. The third-order valence-corrected chi connectivity index (χ3v) is 4.76. The van der Waals surface area contributed by atoms with Gasteiger partial charge in [-0.25, -0.2) is 14.4 Å². The van der Waals surface area contributed by atoms with Crippen LogP contribution in [0.1, 0.15) is 16.8 Å². The van der Waals surface area contributed by atoms with Gasteiger partial charge >= 0.3 is 0 Å². The zero-order valence-corrected chi connectivity index (χ0v) is 16.5. The van der Waals surface area contributed by atoms with E-state index in [1.807, 2.05) is 37.3 Å². The molecule has 4 nitrogen and oxygen atoms in total. The summed E-state index contributed by atoms with van der Waals surface area (Å²) in [6.45, 7) is 1.95. The van der Waals surface area contributed by atoms with Gasteiger partial charge < -0.3 is 5.73 Å². The summed E-state index contributed by atoms with van der Waals surface area (Å²) in [7, 11) is 1.63. The Hall–Kier alpha value is -2.86. The highest BCUT2D eigenvalue weighted by molar-refractivity contribution is 9.12. The van der Waals surface area contributed by atoms with Gasteiger partial charge in [-0.15, -0.1) is 0 Å². The number of aryl methyl sites for hydroxylation is 1. The lowest BCUT2D eigenvalue weighted by molar-refractivity contribution is 0.628. The second-order valence-electron chi connectivity index (χ2n) is 5.94. The number of rotatable bonds is 4. The van der Waals surface area contributed by atoms with E-state index in [1.54, 1.807) is 25.5 Å². The second-order valence-corrected chi connectivity index (χ2v) is 6.80. The molecule has 2 aromatic carbocycles. The number of aliphatic imine (C=N–C) groups is 1. The lowest BCUT2D eigenvalue weighted by Gasteiger charge is -2.08. The minimum Gasteiger partial charge on any atom is -0.383 e. The van der Waals surface area contributed by atoms with Crippen molar-refractivity contribution in [3.63, 3.8) is 0 Å². The Morgan fingerprint density at radius 2 is 1.89 bits per heavy atom. The molecule has 0 aliphatic heterocycles. The monoisotopic (exact) mass is 424 g/mol. The van der Waals surface area contributed by atoms with Gasteiger partial charge in [0.1, 0.15) is 18.0 Å². The zero-order chi connectivity index (χ0) is 19.4. The van der Waals surface area contributed by atoms with Crippen LogP contribution >= 0.6 is 15.9 Å². The highest BCUT2D eigenvalue weighted by Crippen LogP contribution is 2.26. The number of amidine groups is 1. The maximum atomic E-state index is 13.2. The fourth-order valence-corrected chi connectivity index (χ4v) is 3.05. The standard InChI is InChI=1S/C21H18BrFN4/c1-13-18-10-15(5-8-20(18)27-12-26-13)16(11-19(22)21(24)25-2)9-14-3-6-17(23)7-4-14/h3-12H,1-2H3,(H2,24,25)/b16-9-,19-11+. The molecule has 0 aliphatic rings. The molecule has 1 heterocycles. The molecule has 0 unspecified atom stereocenters. The number of fused-ring (bicyclic) bond motifs is 1. The molecule has 0 radical (unpaired) electrons. The molecule has 1 aromatic heterocycles. The Labute approximate surface area is 165 Å². The van der Waals surface area contributed by atoms with Crippen LogP contribution in [0.15, 0.2) is 64.3 Å². The second kappa shape index (κ2) is 8.22. The number of allylic oxidation sites excluding steroid dienone is 2. The van der Waals surface area contributed by atoms with Crippen LogP contribution in [0.3, 0.4) is 0 Å². The number of hydrogen-bond donors (Lipinski definition) is 1. The summed E-state index contributed by atoms with van der Waals surface area (Å²) in [6.07, 6.45) is 5.41. The molecule has 6 heteroatoms. The predicted octanol–water partition coefficient (Wildman–Crippen LogP) is 4.88. The molecular formula is C21H18BrFN4. The van der Waals surface area contributed by atoms with Crippen LogP contribution in [0.2, 0.25) is 0 Å². The summed E-state index contributed by atoms with van der Waals surface area (Å²) in [6, 6.07) is 12.3. The van der Waals surface area contributed by atoms with Gasteiger partial charge in [-0.2, -0.15) is 0 Å². The van der Waals surface area contributed by atoms with Gasteiger partial charge in [0.25, 0.3) is 0 Å². The van der Waals surface area contributed by atoms with Crippen LogP contribution in [0.25, 0.3) is 22.6 Å². The molecule has 0 fully saturated rings. The molecule has 0 bridgehead atoms. The first-order valence-electron chi connectivity index (χ1n) is 8.27. The fourth-order valence-electron chi connectivity index (χ4n) is 2.63. The van der Waals surface area contributed by atoms with Crippen LogP contribution in [0.5, 0.6) is 0 Å². The van der Waals surface area contributed by atoms with Crippen molar-refractivity contribution in [3.05, 3.63) is 82.0 Å². The van der Waals surface area contributed by atoms with Crippen LogP contribution < -0.4 is 5.73 Å². The smallest absolute Gasteiger partial charge is 0.132 e. The van der Waals surface area contributed by atoms with Crippen LogP contribution in [0.4, 0.5) is 4.39 Å². The molecule has 0 spiro atoms. The van der Waals surface area contributed by atoms with Gasteiger partial charge in [0.2, 0.25) is 0 Å². The van der Waals surface area contributed by atoms with E-state index in [4.69, 9.17) is 5.73 Å². The van der Waals surface area contributed by atoms with Crippen LogP contribution in [-0.4, -0.2) is 22.9 Å². The number of nitrogens with two attached hydrogens (primary N) is 1. The normalized spacial score (nSPS) is 13.3. The zero-order valence-electron chi connectivity index (χ0n) is 14.9. The summed E-state index contributed by atoms with van der Waals surface area (Å²) in [5.74, 6) is 0.117. The Bertz CT molecular complexity index is 1070. The third kappa shape index (κ3) is 4.46. The van der Waals surface area contributed by atoms with E-state index in [-0.39, 0.29) is 5.82 Å². The largest absolute Gasteiger partial charge is 0.383 e. The highest BCUT2D eigenvalue weighted by Gasteiger charge is 2.07. The van der Waals surface area contributed by atoms with Crippen LogP contribution in [0, 0.1) is 12.7 Å². The van der Waals surface area contributed by atoms with Crippen molar-refractivity contribution < 1.29 is 4.39 Å². The minimum absolute atomic E-state index is 0.272. The van der Waals surface area contributed by atoms with E-state index in [0.717, 1.165) is 33.3 Å². The Balaban J connectivity index is 2.17. The number of hydrogen-bond acceptors (Lipinski definition) is 3. The number of benzene rings is 2. The van der Waals surface area contributed by atoms with Crippen molar-refractivity contribution in [2.24, 2.45) is 10.7 Å². The number of halogens is 2. The lowest BCUT2D eigenvalue weighted by Crippen LogP contribution is -2.11. The van der Waals surface area contributed by atoms with Gasteiger partial charge in [0.15, 0.2) is 0 Å². The summed E-state index contributed by atoms with van der Waals surface area (Å²) in [4.78, 5) is 12.6. The van der Waals surface area contributed by atoms with Crippen molar-refractivity contribution in [1.82, 2.24) is 9.97 Å². The van der Waals surface area contributed by atoms with Gasteiger partial charge in [0, 0.05) is 18.1 Å². The maximum absolute atomic E-state index is 13.2. The summed E-state index contributed by atoms with van der Waals surface area (Å²) < 4.78 is 13.9. The average molecular weight is 425 g/mol. The van der Waals surface area contributed by atoms with E-state index < -0.39 is 0 Å². The highest BCUT2D eigenvalue weighted by atomic mass is 79.9. The van der Waals surface area contributed by atoms with Gasteiger partial charge in [-0.05, 0) is 76.0 Å². The molecular weight excluding hydrogens is 407 g/mol. The third-order valence-electron chi connectivity index (χ3n) is 4.13. The summed E-state index contributed by atoms with van der Waals surface area (Å²) >= 11 is 3.47. The van der Waals surface area contributed by atoms with Gasteiger partial charge in [0.05, 0.1) is 10.00 Å². The van der Waals surface area contributed by atoms with Gasteiger partial charge in [-0.1, -0.05) is 18.2 Å². The molecule has 3 rings (SSSR count). The van der Waals surface area contributed by atoms with Crippen molar-refractivity contribution in [1.29, 1.82) is 0 Å². The Morgan fingerprint density at radius 1 is 1.15 bits per heavy atom. The van der Waals surface area contributed by atoms with E-state index >= 15 is 0 Å². The summed E-state index contributed by atoms with van der Waals surface area (Å²) in [5, 5.41) is 0.974. The molecule has 2 N–H and O–H groups in total. The molecule has 0 aliphatic carbocycles. The fraction of sp³-hybridized carbons (Fsp3) is 0.0952. The van der Waals surface area contributed by atoms with E-state index in [0.29, 0.717) is 10.3 Å². The van der Waals surface area contributed by atoms with Crippen molar-refractivity contribution in [2.75, 3.05) is 7.05 Å². The quantitative estimate of drug-likeness (QED) is 0.280. The molecule has 0 atom stereocenters. The van der Waals surface area contributed by atoms with E-state index in [9.17, 15) is 4.39 Å².